The lowest BCUT2D eigenvalue weighted by Crippen LogP contribution is -2.27. The number of nitrogens with zero attached hydrogens (tertiary/aromatic N) is 2. The topological polar surface area (TPSA) is 114 Å². The van der Waals surface area contributed by atoms with Crippen LogP contribution >= 0.6 is 11.8 Å². The van der Waals surface area contributed by atoms with Crippen molar-refractivity contribution in [2.75, 3.05) is 24.2 Å². The molecule has 1 aliphatic heterocycles. The van der Waals surface area contributed by atoms with E-state index in [2.05, 4.69) is 5.32 Å². The molecule has 1 aromatic carbocycles. The van der Waals surface area contributed by atoms with E-state index in [1.165, 1.54) is 32.9 Å². The first kappa shape index (κ1) is 20.4. The van der Waals surface area contributed by atoms with Gasteiger partial charge in [0, 0.05) is 31.2 Å². The minimum absolute atomic E-state index is 0.0925. The number of aromatic nitrogens is 1. The summed E-state index contributed by atoms with van der Waals surface area (Å²) in [5.74, 6) is -0.794. The first-order valence-electron chi connectivity index (χ1n) is 8.77. The largest absolute Gasteiger partial charge is 0.369 e. The highest BCUT2D eigenvalue weighted by Gasteiger charge is 2.29. The van der Waals surface area contributed by atoms with Crippen molar-refractivity contribution in [1.29, 1.82) is 0 Å². The fraction of sp³-hybridized carbons (Fsp3) is 0.333. The summed E-state index contributed by atoms with van der Waals surface area (Å²) in [7, 11) is -1.97. The van der Waals surface area contributed by atoms with Gasteiger partial charge in [-0.2, -0.15) is 4.31 Å². The summed E-state index contributed by atoms with van der Waals surface area (Å²) in [4.78, 5) is 24.6. The van der Waals surface area contributed by atoms with Gasteiger partial charge in [-0.05, 0) is 31.0 Å². The lowest BCUT2D eigenvalue weighted by Gasteiger charge is -2.13. The van der Waals surface area contributed by atoms with Crippen molar-refractivity contribution in [1.82, 2.24) is 8.87 Å². The van der Waals surface area contributed by atoms with E-state index < -0.39 is 21.8 Å². The second-order valence-corrected chi connectivity index (χ2v) is 9.44. The third-order valence-corrected chi connectivity index (χ3v) is 7.38. The Bertz CT molecular complexity index is 995. The molecule has 28 heavy (non-hydrogen) atoms. The van der Waals surface area contributed by atoms with Gasteiger partial charge in [-0.25, -0.2) is 8.42 Å². The molecule has 1 fully saturated rings. The summed E-state index contributed by atoms with van der Waals surface area (Å²) in [5.41, 5.74) is 5.95. The molecule has 3 rings (SSSR count). The van der Waals surface area contributed by atoms with Crippen LogP contribution in [-0.2, 0) is 21.9 Å². The number of sulfonamides is 1. The van der Waals surface area contributed by atoms with Crippen LogP contribution in [0.5, 0.6) is 0 Å². The Morgan fingerprint density at radius 3 is 2.57 bits per heavy atom. The number of aryl methyl sites for hydroxylation is 1. The van der Waals surface area contributed by atoms with Crippen LogP contribution in [0.25, 0.3) is 0 Å². The number of thioether (sulfide) groups is 1. The molecule has 1 aliphatic rings. The number of anilines is 1. The second kappa shape index (κ2) is 8.38. The van der Waals surface area contributed by atoms with Crippen LogP contribution in [0.15, 0.2) is 46.3 Å². The Balaban J connectivity index is 1.81. The standard InChI is InChI=1S/C18H22N4O4S2/c1-21-11-13(28(25,26)22-8-4-5-9-22)10-15(21)18(24)20-14-6-2-3-7-16(14)27-12-17(19)23/h2-3,6-7,10-11H,4-5,8-9,12H2,1H3,(H2,19,23)(H,20,24). The minimum atomic E-state index is -3.60. The van der Waals surface area contributed by atoms with E-state index in [0.717, 1.165) is 12.8 Å². The van der Waals surface area contributed by atoms with E-state index in [4.69, 9.17) is 5.73 Å². The highest BCUT2D eigenvalue weighted by atomic mass is 32.2. The maximum absolute atomic E-state index is 12.7. The predicted molar refractivity (Wildman–Crippen MR) is 108 cm³/mol. The molecule has 0 saturated carbocycles. The highest BCUT2D eigenvalue weighted by molar-refractivity contribution is 8.00. The summed E-state index contributed by atoms with van der Waals surface area (Å²) < 4.78 is 28.4. The average Bonchev–Trinajstić information content (AvgIpc) is 3.31. The van der Waals surface area contributed by atoms with E-state index in [0.29, 0.717) is 23.7 Å². The number of carbonyl (C=O) groups is 2. The number of nitrogens with one attached hydrogen (secondary N) is 1. The summed E-state index contributed by atoms with van der Waals surface area (Å²) in [6, 6.07) is 8.44. The van der Waals surface area contributed by atoms with Crippen molar-refractivity contribution in [3.63, 3.8) is 0 Å². The number of carbonyl (C=O) groups excluding carboxylic acids is 2. The van der Waals surface area contributed by atoms with E-state index >= 15 is 0 Å². The van der Waals surface area contributed by atoms with Gasteiger partial charge in [0.15, 0.2) is 0 Å². The lowest BCUT2D eigenvalue weighted by atomic mass is 10.3. The lowest BCUT2D eigenvalue weighted by molar-refractivity contribution is -0.115. The Morgan fingerprint density at radius 2 is 1.89 bits per heavy atom. The monoisotopic (exact) mass is 422 g/mol. The predicted octanol–water partition coefficient (Wildman–Crippen LogP) is 1.64. The number of hydrogen-bond acceptors (Lipinski definition) is 5. The molecule has 10 heteroatoms. The van der Waals surface area contributed by atoms with Crippen molar-refractivity contribution in [2.45, 2.75) is 22.6 Å². The molecule has 0 atom stereocenters. The molecule has 150 valence electrons. The van der Waals surface area contributed by atoms with Crippen LogP contribution in [0, 0.1) is 0 Å². The van der Waals surface area contributed by atoms with Gasteiger partial charge in [0.25, 0.3) is 5.91 Å². The number of rotatable bonds is 7. The van der Waals surface area contributed by atoms with Crippen molar-refractivity contribution in [2.24, 2.45) is 12.8 Å². The van der Waals surface area contributed by atoms with Gasteiger partial charge in [0.1, 0.15) is 10.6 Å². The molecule has 0 bridgehead atoms. The van der Waals surface area contributed by atoms with Crippen LogP contribution < -0.4 is 11.1 Å². The molecule has 0 radical (unpaired) electrons. The number of hydrogen-bond donors (Lipinski definition) is 2. The Kier molecular flexibility index (Phi) is 6.11. The van der Waals surface area contributed by atoms with Crippen LogP contribution in [0.1, 0.15) is 23.3 Å². The molecule has 0 spiro atoms. The van der Waals surface area contributed by atoms with Gasteiger partial charge in [0.2, 0.25) is 15.9 Å². The molecule has 1 saturated heterocycles. The SMILES string of the molecule is Cn1cc(S(=O)(=O)N2CCCC2)cc1C(=O)Nc1ccccc1SCC(N)=O. The summed E-state index contributed by atoms with van der Waals surface area (Å²) in [5, 5.41) is 2.78. The maximum atomic E-state index is 12.7. The smallest absolute Gasteiger partial charge is 0.272 e. The number of amides is 2. The molecule has 2 aromatic rings. The molecular formula is C18H22N4O4S2. The highest BCUT2D eigenvalue weighted by Crippen LogP contribution is 2.28. The van der Waals surface area contributed by atoms with Crippen molar-refractivity contribution in [3.05, 3.63) is 42.2 Å². The zero-order chi connectivity index (χ0) is 20.3. The van der Waals surface area contributed by atoms with E-state index in [-0.39, 0.29) is 16.3 Å². The fourth-order valence-corrected chi connectivity index (χ4v) is 5.35. The van der Waals surface area contributed by atoms with Gasteiger partial charge in [-0.15, -0.1) is 11.8 Å². The molecule has 0 aliphatic carbocycles. The van der Waals surface area contributed by atoms with Gasteiger partial charge >= 0.3 is 0 Å². The van der Waals surface area contributed by atoms with Crippen molar-refractivity contribution < 1.29 is 18.0 Å². The van der Waals surface area contributed by atoms with Gasteiger partial charge in [-0.1, -0.05) is 12.1 Å². The van der Waals surface area contributed by atoms with Crippen LogP contribution in [-0.4, -0.2) is 47.9 Å². The van der Waals surface area contributed by atoms with Crippen molar-refractivity contribution in [3.8, 4) is 0 Å². The number of para-hydroxylation sites is 1. The third kappa shape index (κ3) is 4.40. The Morgan fingerprint density at radius 1 is 1.21 bits per heavy atom. The van der Waals surface area contributed by atoms with E-state index in [1.54, 1.807) is 31.3 Å². The summed E-state index contributed by atoms with van der Waals surface area (Å²) in [6.45, 7) is 1.01. The van der Waals surface area contributed by atoms with E-state index in [9.17, 15) is 18.0 Å². The van der Waals surface area contributed by atoms with Crippen LogP contribution in [0.3, 0.4) is 0 Å². The minimum Gasteiger partial charge on any atom is -0.369 e. The molecular weight excluding hydrogens is 400 g/mol. The first-order valence-corrected chi connectivity index (χ1v) is 11.2. The maximum Gasteiger partial charge on any atom is 0.272 e. The number of nitrogens with two attached hydrogens (primary N) is 1. The summed E-state index contributed by atoms with van der Waals surface area (Å²) in [6.07, 6.45) is 3.15. The second-order valence-electron chi connectivity index (χ2n) is 6.49. The normalized spacial score (nSPS) is 14.9. The molecule has 0 unspecified atom stereocenters. The molecule has 2 heterocycles. The van der Waals surface area contributed by atoms with Crippen LogP contribution in [0.2, 0.25) is 0 Å². The van der Waals surface area contributed by atoms with Gasteiger partial charge in [0.05, 0.1) is 11.4 Å². The van der Waals surface area contributed by atoms with Gasteiger partial charge in [-0.3, -0.25) is 9.59 Å². The quantitative estimate of drug-likeness (QED) is 0.659. The Hall–Kier alpha value is -2.30. The average molecular weight is 423 g/mol. The molecule has 3 N–H and O–H groups in total. The van der Waals surface area contributed by atoms with E-state index in [1.807, 2.05) is 0 Å². The zero-order valence-electron chi connectivity index (χ0n) is 15.4. The first-order chi connectivity index (χ1) is 13.3. The van der Waals surface area contributed by atoms with Crippen LogP contribution in [0.4, 0.5) is 5.69 Å². The zero-order valence-corrected chi connectivity index (χ0v) is 17.1. The van der Waals surface area contributed by atoms with Gasteiger partial charge < -0.3 is 15.6 Å². The third-order valence-electron chi connectivity index (χ3n) is 4.42. The van der Waals surface area contributed by atoms with Crippen molar-refractivity contribution >= 4 is 39.3 Å². The molecule has 1 aromatic heterocycles. The fourth-order valence-electron chi connectivity index (χ4n) is 3.01. The number of primary amides is 1. The molecule has 8 nitrogen and oxygen atoms in total. The summed E-state index contributed by atoms with van der Waals surface area (Å²) >= 11 is 1.22. The number of benzene rings is 1. The molecule has 2 amide bonds. The Labute approximate surface area is 168 Å².